The van der Waals surface area contributed by atoms with Gasteiger partial charge in [-0.15, -0.1) is 5.10 Å². The zero-order valence-electron chi connectivity index (χ0n) is 11.4. The van der Waals surface area contributed by atoms with E-state index >= 15 is 0 Å². The van der Waals surface area contributed by atoms with Gasteiger partial charge in [0, 0.05) is 6.42 Å². The lowest BCUT2D eigenvalue weighted by Crippen LogP contribution is -2.45. The van der Waals surface area contributed by atoms with Crippen molar-refractivity contribution < 1.29 is 14.7 Å². The summed E-state index contributed by atoms with van der Waals surface area (Å²) in [6.45, 7) is 5.64. The van der Waals surface area contributed by atoms with Gasteiger partial charge in [0.25, 0.3) is 5.91 Å². The van der Waals surface area contributed by atoms with Crippen molar-refractivity contribution in [3.05, 3.63) is 11.6 Å². The van der Waals surface area contributed by atoms with E-state index in [4.69, 9.17) is 5.11 Å². The van der Waals surface area contributed by atoms with Crippen LogP contribution in [0.25, 0.3) is 0 Å². The number of hydrogen-bond acceptors (Lipinski definition) is 4. The summed E-state index contributed by atoms with van der Waals surface area (Å²) < 4.78 is 0. The number of carboxylic acids is 1. The van der Waals surface area contributed by atoms with Crippen LogP contribution in [0.15, 0.2) is 0 Å². The second-order valence-electron chi connectivity index (χ2n) is 4.53. The van der Waals surface area contributed by atoms with Gasteiger partial charge in [-0.25, -0.2) is 9.78 Å². The lowest BCUT2D eigenvalue weighted by molar-refractivity contribution is -0.140. The molecular formula is C12H20N4O3. The largest absolute Gasteiger partial charge is 0.480 e. The van der Waals surface area contributed by atoms with Gasteiger partial charge in [0.15, 0.2) is 0 Å². The Kier molecular flexibility index (Phi) is 5.47. The highest BCUT2D eigenvalue weighted by molar-refractivity contribution is 5.93. The van der Waals surface area contributed by atoms with Crippen molar-refractivity contribution in [1.82, 2.24) is 20.5 Å². The van der Waals surface area contributed by atoms with Crippen LogP contribution in [0.4, 0.5) is 0 Å². The molecule has 1 rings (SSSR count). The van der Waals surface area contributed by atoms with Crippen LogP contribution >= 0.6 is 0 Å². The van der Waals surface area contributed by atoms with Gasteiger partial charge in [-0.3, -0.25) is 9.89 Å². The minimum absolute atomic E-state index is 0.0157. The first-order valence-corrected chi connectivity index (χ1v) is 6.44. The Labute approximate surface area is 111 Å². The summed E-state index contributed by atoms with van der Waals surface area (Å²) in [6, 6.07) is -0.925. The van der Waals surface area contributed by atoms with Gasteiger partial charge < -0.3 is 10.4 Å². The first-order valence-electron chi connectivity index (χ1n) is 6.44. The molecule has 0 aliphatic rings. The fraction of sp³-hybridized carbons (Fsp3) is 0.667. The van der Waals surface area contributed by atoms with Crippen LogP contribution in [-0.2, 0) is 11.2 Å². The number of nitrogens with zero attached hydrogens (tertiary/aromatic N) is 2. The minimum Gasteiger partial charge on any atom is -0.480 e. The van der Waals surface area contributed by atoms with Gasteiger partial charge in [-0.2, -0.15) is 0 Å². The number of hydrogen-bond donors (Lipinski definition) is 3. The maximum Gasteiger partial charge on any atom is 0.326 e. The number of rotatable bonds is 7. The summed E-state index contributed by atoms with van der Waals surface area (Å²) >= 11 is 0. The molecule has 0 saturated carbocycles. The van der Waals surface area contributed by atoms with Crippen molar-refractivity contribution in [2.24, 2.45) is 5.92 Å². The van der Waals surface area contributed by atoms with Crippen molar-refractivity contribution in [1.29, 1.82) is 0 Å². The number of carbonyl (C=O) groups excluding carboxylic acids is 1. The Morgan fingerprint density at radius 2 is 2.11 bits per heavy atom. The van der Waals surface area contributed by atoms with Crippen molar-refractivity contribution in [3.63, 3.8) is 0 Å². The molecule has 0 aliphatic heterocycles. The Morgan fingerprint density at radius 3 is 2.63 bits per heavy atom. The van der Waals surface area contributed by atoms with Crippen LogP contribution in [0, 0.1) is 5.92 Å². The van der Waals surface area contributed by atoms with E-state index in [1.165, 1.54) is 0 Å². The highest BCUT2D eigenvalue weighted by atomic mass is 16.4. The van der Waals surface area contributed by atoms with Crippen molar-refractivity contribution in [2.45, 2.75) is 46.1 Å². The highest BCUT2D eigenvalue weighted by Crippen LogP contribution is 2.08. The fourth-order valence-electron chi connectivity index (χ4n) is 1.63. The van der Waals surface area contributed by atoms with E-state index in [-0.39, 0.29) is 11.7 Å². The summed E-state index contributed by atoms with van der Waals surface area (Å²) in [5, 5.41) is 18.0. The van der Waals surface area contributed by atoms with Gasteiger partial charge in [0.05, 0.1) is 0 Å². The van der Waals surface area contributed by atoms with Crippen LogP contribution in [0.1, 0.15) is 50.1 Å². The summed E-state index contributed by atoms with van der Waals surface area (Å²) in [5.41, 5.74) is 0. The average molecular weight is 268 g/mol. The van der Waals surface area contributed by atoms with Crippen LogP contribution in [0.5, 0.6) is 0 Å². The fourth-order valence-corrected chi connectivity index (χ4v) is 1.63. The molecule has 1 aromatic heterocycles. The highest BCUT2D eigenvalue weighted by Gasteiger charge is 2.27. The normalized spacial score (nSPS) is 13.8. The Bertz CT molecular complexity index is 444. The van der Waals surface area contributed by atoms with Crippen molar-refractivity contribution in [2.75, 3.05) is 0 Å². The van der Waals surface area contributed by atoms with Gasteiger partial charge in [-0.1, -0.05) is 27.2 Å². The number of amides is 1. The maximum absolute atomic E-state index is 11.9. The Morgan fingerprint density at radius 1 is 1.42 bits per heavy atom. The van der Waals surface area contributed by atoms with Gasteiger partial charge in [-0.05, 0) is 12.3 Å². The molecule has 1 heterocycles. The molecular weight excluding hydrogens is 248 g/mol. The van der Waals surface area contributed by atoms with Crippen LogP contribution in [0.3, 0.4) is 0 Å². The first kappa shape index (κ1) is 15.1. The molecule has 0 saturated heterocycles. The molecule has 3 N–H and O–H groups in total. The van der Waals surface area contributed by atoms with E-state index in [0.29, 0.717) is 18.7 Å². The molecule has 106 valence electrons. The number of aromatic amines is 1. The van der Waals surface area contributed by atoms with E-state index in [0.717, 1.165) is 6.42 Å². The average Bonchev–Trinajstić information content (AvgIpc) is 2.83. The second-order valence-corrected chi connectivity index (χ2v) is 4.53. The smallest absolute Gasteiger partial charge is 0.326 e. The van der Waals surface area contributed by atoms with Crippen LogP contribution in [-0.4, -0.2) is 38.2 Å². The third-order valence-electron chi connectivity index (χ3n) is 2.99. The molecule has 0 radical (unpaired) electrons. The molecule has 1 aromatic rings. The number of carboxylic acid groups (broad SMARTS) is 1. The Balaban J connectivity index is 2.73. The predicted molar refractivity (Wildman–Crippen MR) is 68.7 cm³/mol. The van der Waals surface area contributed by atoms with Crippen molar-refractivity contribution >= 4 is 11.9 Å². The van der Waals surface area contributed by atoms with E-state index in [1.54, 1.807) is 6.92 Å². The Hall–Kier alpha value is -1.92. The number of nitrogens with one attached hydrogen (secondary N) is 2. The standard InChI is InChI=1S/C12H20N4O3/c1-4-6-8-13-10(16-15-8)11(17)14-9(12(18)19)7(3)5-2/h7,9H,4-6H2,1-3H3,(H,14,17)(H,18,19)(H,13,15,16). The zero-order chi connectivity index (χ0) is 14.4. The number of aromatic nitrogens is 3. The van der Waals surface area contributed by atoms with Crippen LogP contribution in [0.2, 0.25) is 0 Å². The molecule has 1 amide bonds. The van der Waals surface area contributed by atoms with Crippen LogP contribution < -0.4 is 5.32 Å². The zero-order valence-corrected chi connectivity index (χ0v) is 11.4. The van der Waals surface area contributed by atoms with Crippen molar-refractivity contribution in [3.8, 4) is 0 Å². The molecule has 0 aromatic carbocycles. The lowest BCUT2D eigenvalue weighted by atomic mass is 9.99. The SMILES string of the molecule is CCCc1nc(C(=O)NC(C(=O)O)C(C)CC)n[nH]1. The number of carbonyl (C=O) groups is 2. The lowest BCUT2D eigenvalue weighted by Gasteiger charge is -2.19. The van der Waals surface area contributed by atoms with E-state index in [2.05, 4.69) is 20.5 Å². The number of H-pyrrole nitrogens is 1. The van der Waals surface area contributed by atoms with Gasteiger partial charge in [0.2, 0.25) is 5.82 Å². The van der Waals surface area contributed by atoms with E-state index in [1.807, 2.05) is 13.8 Å². The molecule has 0 fully saturated rings. The summed E-state index contributed by atoms with van der Waals surface area (Å²) in [6.07, 6.45) is 2.25. The maximum atomic E-state index is 11.9. The molecule has 7 nitrogen and oxygen atoms in total. The minimum atomic E-state index is -1.05. The third kappa shape index (κ3) is 4.04. The third-order valence-corrected chi connectivity index (χ3v) is 2.99. The molecule has 0 spiro atoms. The predicted octanol–water partition coefficient (Wildman–Crippen LogP) is 0.986. The van der Waals surface area contributed by atoms with Gasteiger partial charge in [0.1, 0.15) is 11.9 Å². The molecule has 19 heavy (non-hydrogen) atoms. The number of aliphatic carboxylic acids is 1. The van der Waals surface area contributed by atoms with E-state index < -0.39 is 17.9 Å². The quantitative estimate of drug-likeness (QED) is 0.683. The number of aryl methyl sites for hydroxylation is 1. The molecule has 7 heteroatoms. The summed E-state index contributed by atoms with van der Waals surface area (Å²) in [5.74, 6) is -1.16. The molecule has 0 aliphatic carbocycles. The summed E-state index contributed by atoms with van der Waals surface area (Å²) in [4.78, 5) is 27.0. The second kappa shape index (κ2) is 6.86. The molecule has 2 unspecified atom stereocenters. The first-order chi connectivity index (χ1) is 8.99. The topological polar surface area (TPSA) is 108 Å². The monoisotopic (exact) mass is 268 g/mol. The van der Waals surface area contributed by atoms with E-state index in [9.17, 15) is 9.59 Å². The molecule has 2 atom stereocenters. The van der Waals surface area contributed by atoms with Gasteiger partial charge >= 0.3 is 5.97 Å². The molecule has 0 bridgehead atoms. The summed E-state index contributed by atoms with van der Waals surface area (Å²) in [7, 11) is 0.